The first-order valence-electron chi connectivity index (χ1n) is 5.59. The van der Waals surface area contributed by atoms with E-state index in [1.54, 1.807) is 0 Å². The van der Waals surface area contributed by atoms with Gasteiger partial charge < -0.3 is 11.8 Å². The molecule has 6 heteroatoms. The topological polar surface area (TPSA) is 61.9 Å². The summed E-state index contributed by atoms with van der Waals surface area (Å²) in [6, 6.07) is 9.89. The van der Waals surface area contributed by atoms with Crippen molar-refractivity contribution in [1.29, 1.82) is 0 Å². The van der Waals surface area contributed by atoms with Gasteiger partial charge in [0.15, 0.2) is 0 Å². The molecule has 0 amide bonds. The SMILES string of the molecule is CC(C)(C)N(CCc1ccccc1)[N+]([O-])=NO.[H-].[Na+]. The van der Waals surface area contributed by atoms with Gasteiger partial charge in [0.25, 0.3) is 0 Å². The normalized spacial score (nSPS) is 11.8. The van der Waals surface area contributed by atoms with Gasteiger partial charge >= 0.3 is 29.6 Å². The summed E-state index contributed by atoms with van der Waals surface area (Å²) in [5.74, 6) is 0. The molecule has 0 aromatic heterocycles. The minimum Gasteiger partial charge on any atom is -1.00 e. The van der Waals surface area contributed by atoms with E-state index in [2.05, 4.69) is 5.28 Å². The molecule has 18 heavy (non-hydrogen) atoms. The van der Waals surface area contributed by atoms with Crippen molar-refractivity contribution in [3.63, 3.8) is 0 Å². The molecule has 5 nitrogen and oxygen atoms in total. The zero-order valence-electron chi connectivity index (χ0n) is 12.5. The van der Waals surface area contributed by atoms with Gasteiger partial charge in [0, 0.05) is 0 Å². The molecule has 1 N–H and O–H groups in total. The van der Waals surface area contributed by atoms with E-state index in [-0.39, 0.29) is 41.5 Å². The van der Waals surface area contributed by atoms with E-state index in [4.69, 9.17) is 5.21 Å². The fraction of sp³-hybridized carbons (Fsp3) is 0.500. The molecule has 0 saturated carbocycles. The molecule has 96 valence electrons. The van der Waals surface area contributed by atoms with Gasteiger partial charge in [-0.3, -0.25) is 0 Å². The molecule has 1 rings (SSSR count). The molecule has 0 unspecified atom stereocenters. The Morgan fingerprint density at radius 2 is 1.89 bits per heavy atom. The Balaban J connectivity index is 0. The molecular formula is C12H20N3NaO2. The predicted octanol–water partition coefficient (Wildman–Crippen LogP) is -0.287. The second-order valence-corrected chi connectivity index (χ2v) is 4.87. The van der Waals surface area contributed by atoms with Gasteiger partial charge in [0.05, 0.1) is 17.1 Å². The van der Waals surface area contributed by atoms with Crippen molar-refractivity contribution >= 4 is 0 Å². The monoisotopic (exact) mass is 261 g/mol. The van der Waals surface area contributed by atoms with Crippen molar-refractivity contribution in [3.05, 3.63) is 41.1 Å². The van der Waals surface area contributed by atoms with Crippen LogP contribution in [0.3, 0.4) is 0 Å². The smallest absolute Gasteiger partial charge is 1.00 e. The summed E-state index contributed by atoms with van der Waals surface area (Å²) < 4.78 is 0. The third kappa shape index (κ3) is 5.25. The number of benzene rings is 1. The summed E-state index contributed by atoms with van der Waals surface area (Å²) in [7, 11) is 0. The van der Waals surface area contributed by atoms with Crippen molar-refractivity contribution in [2.45, 2.75) is 32.7 Å². The maximum atomic E-state index is 11.4. The van der Waals surface area contributed by atoms with Gasteiger partial charge in [0.2, 0.25) is 5.28 Å². The molecule has 0 aliphatic carbocycles. The molecule has 1 aromatic rings. The minimum absolute atomic E-state index is 0. The van der Waals surface area contributed by atoms with Crippen LogP contribution in [0, 0.1) is 5.21 Å². The predicted molar refractivity (Wildman–Crippen MR) is 65.6 cm³/mol. The summed E-state index contributed by atoms with van der Waals surface area (Å²) in [5, 5.41) is 24.1. The number of rotatable bonds is 4. The fourth-order valence-electron chi connectivity index (χ4n) is 1.61. The second kappa shape index (κ2) is 7.61. The van der Waals surface area contributed by atoms with Crippen molar-refractivity contribution in [2.24, 2.45) is 5.28 Å². The van der Waals surface area contributed by atoms with Crippen LogP contribution in [0.4, 0.5) is 0 Å². The maximum absolute atomic E-state index is 11.4. The number of hydrazine groups is 1. The number of hydrogen-bond acceptors (Lipinski definition) is 2. The van der Waals surface area contributed by atoms with Gasteiger partial charge in [-0.15, -0.1) is 5.01 Å². The molecule has 0 atom stereocenters. The van der Waals surface area contributed by atoms with Crippen molar-refractivity contribution in [2.75, 3.05) is 6.54 Å². The third-order valence-corrected chi connectivity index (χ3v) is 2.51. The van der Waals surface area contributed by atoms with Crippen LogP contribution in [-0.2, 0) is 6.42 Å². The summed E-state index contributed by atoms with van der Waals surface area (Å²) in [5.41, 5.74) is 0.760. The maximum Gasteiger partial charge on any atom is 1.00 e. The first kappa shape index (κ1) is 17.2. The van der Waals surface area contributed by atoms with Crippen LogP contribution in [-0.4, -0.2) is 27.3 Å². The Hall–Kier alpha value is -0.780. The van der Waals surface area contributed by atoms with Crippen molar-refractivity contribution < 1.29 is 41.2 Å². The average Bonchev–Trinajstić information content (AvgIpc) is 2.28. The summed E-state index contributed by atoms with van der Waals surface area (Å²) >= 11 is 0. The van der Waals surface area contributed by atoms with Crippen LogP contribution < -0.4 is 29.6 Å². The van der Waals surface area contributed by atoms with Gasteiger partial charge in [-0.05, 0) is 32.8 Å². The molecule has 0 spiro atoms. The van der Waals surface area contributed by atoms with E-state index < -0.39 is 0 Å². The zero-order valence-corrected chi connectivity index (χ0v) is 13.5. The molecule has 0 fully saturated rings. The Morgan fingerprint density at radius 1 is 1.33 bits per heavy atom. The number of nitrogens with zero attached hydrogens (tertiary/aromatic N) is 3. The quantitative estimate of drug-likeness (QED) is 0.351. The van der Waals surface area contributed by atoms with Gasteiger partial charge in [-0.25, -0.2) is 0 Å². The molecule has 0 aliphatic rings. The summed E-state index contributed by atoms with van der Waals surface area (Å²) in [4.78, 5) is 0.239. The van der Waals surface area contributed by atoms with E-state index in [1.165, 1.54) is 5.01 Å². The van der Waals surface area contributed by atoms with E-state index in [0.717, 1.165) is 12.0 Å². The molecule has 0 heterocycles. The van der Waals surface area contributed by atoms with E-state index in [9.17, 15) is 5.21 Å². The van der Waals surface area contributed by atoms with Crippen LogP contribution in [0.15, 0.2) is 35.6 Å². The molecule has 0 radical (unpaired) electrons. The molecule has 1 aromatic carbocycles. The van der Waals surface area contributed by atoms with Crippen LogP contribution in [0.1, 0.15) is 27.8 Å². The van der Waals surface area contributed by atoms with Gasteiger partial charge in [0.1, 0.15) is 0 Å². The first-order chi connectivity index (χ1) is 7.95. The van der Waals surface area contributed by atoms with Crippen LogP contribution in [0.25, 0.3) is 0 Å². The minimum atomic E-state index is -0.386. The Morgan fingerprint density at radius 3 is 2.33 bits per heavy atom. The second-order valence-electron chi connectivity index (χ2n) is 4.87. The number of hydrogen-bond donors (Lipinski definition) is 1. The zero-order chi connectivity index (χ0) is 12.9. The Labute approximate surface area is 131 Å². The largest absolute Gasteiger partial charge is 1.00 e. The molecule has 0 saturated heterocycles. The van der Waals surface area contributed by atoms with Crippen molar-refractivity contribution in [3.8, 4) is 0 Å². The Bertz CT molecular complexity index is 382. The third-order valence-electron chi connectivity index (χ3n) is 2.51. The standard InChI is InChI=1S/C12H19N3O2.Na.H/c1-12(2,3)14(15(17)13-16)10-9-11-7-5-4-6-8-11;;/h4-8,16H,9-10H2,1-3H3;;/q;+1;-1. The summed E-state index contributed by atoms with van der Waals surface area (Å²) in [6.45, 7) is 6.19. The van der Waals surface area contributed by atoms with Crippen molar-refractivity contribution in [1.82, 2.24) is 5.01 Å². The van der Waals surface area contributed by atoms with Crippen LogP contribution in [0.5, 0.6) is 0 Å². The molecule has 0 bridgehead atoms. The van der Waals surface area contributed by atoms with Gasteiger partial charge in [-0.2, -0.15) is 0 Å². The Kier molecular flexibility index (Phi) is 7.28. The molecular weight excluding hydrogens is 241 g/mol. The fourth-order valence-corrected chi connectivity index (χ4v) is 1.61. The molecule has 0 aliphatic heterocycles. The average molecular weight is 261 g/mol. The van der Waals surface area contributed by atoms with E-state index in [1.807, 2.05) is 51.1 Å². The van der Waals surface area contributed by atoms with Crippen LogP contribution >= 0.6 is 0 Å². The van der Waals surface area contributed by atoms with E-state index >= 15 is 0 Å². The summed E-state index contributed by atoms with van der Waals surface area (Å²) in [6.07, 6.45) is 0.729. The van der Waals surface area contributed by atoms with Crippen LogP contribution in [0.2, 0.25) is 0 Å². The van der Waals surface area contributed by atoms with Gasteiger partial charge in [-0.1, -0.05) is 30.3 Å². The first-order valence-corrected chi connectivity index (χ1v) is 5.59. The van der Waals surface area contributed by atoms with E-state index in [0.29, 0.717) is 6.54 Å².